The Morgan fingerprint density at radius 3 is 2.63 bits per heavy atom. The monoisotopic (exact) mass is 378 g/mol. The van der Waals surface area contributed by atoms with E-state index in [0.29, 0.717) is 11.5 Å². The van der Waals surface area contributed by atoms with Gasteiger partial charge in [-0.1, -0.05) is 0 Å². The highest BCUT2D eigenvalue weighted by Crippen LogP contribution is 2.28. The molecule has 0 aliphatic carbocycles. The van der Waals surface area contributed by atoms with E-state index in [0.717, 1.165) is 44.1 Å². The summed E-state index contributed by atoms with van der Waals surface area (Å²) in [5.41, 5.74) is -0.253. The number of hydrogen-bond acceptors (Lipinski definition) is 7. The second kappa shape index (κ2) is 6.63. The van der Waals surface area contributed by atoms with E-state index in [4.69, 9.17) is 0 Å². The maximum absolute atomic E-state index is 12.8. The molecule has 3 aromatic rings. The van der Waals surface area contributed by atoms with Gasteiger partial charge in [0, 0.05) is 25.2 Å². The number of aryl methyl sites for hydroxylation is 1. The number of alkyl halides is 3. The Morgan fingerprint density at radius 2 is 1.89 bits per heavy atom. The van der Waals surface area contributed by atoms with Crippen molar-refractivity contribution in [1.29, 1.82) is 0 Å². The van der Waals surface area contributed by atoms with Gasteiger partial charge in [-0.05, 0) is 31.9 Å². The van der Waals surface area contributed by atoms with Crippen LogP contribution < -0.4 is 10.2 Å². The van der Waals surface area contributed by atoms with Crippen LogP contribution in [0.3, 0.4) is 0 Å². The lowest BCUT2D eigenvalue weighted by Crippen LogP contribution is -2.39. The van der Waals surface area contributed by atoms with Crippen molar-refractivity contribution >= 4 is 17.3 Å². The number of piperidine rings is 1. The van der Waals surface area contributed by atoms with Crippen LogP contribution in [0.5, 0.6) is 0 Å². The first-order valence-corrected chi connectivity index (χ1v) is 8.50. The summed E-state index contributed by atoms with van der Waals surface area (Å²) in [5.74, 6) is 1.73. The lowest BCUT2D eigenvalue weighted by Gasteiger charge is -2.33. The number of hydrogen-bond donors (Lipinski definition) is 1. The minimum atomic E-state index is -4.48. The number of anilines is 2. The lowest BCUT2D eigenvalue weighted by molar-refractivity contribution is -0.141. The number of aromatic nitrogens is 6. The van der Waals surface area contributed by atoms with Crippen molar-refractivity contribution in [3.8, 4) is 0 Å². The van der Waals surface area contributed by atoms with Gasteiger partial charge in [0.25, 0.3) is 0 Å². The average Bonchev–Trinajstić information content (AvgIpc) is 3.02. The van der Waals surface area contributed by atoms with E-state index in [2.05, 4.69) is 35.5 Å². The first-order chi connectivity index (χ1) is 12.9. The zero-order chi connectivity index (χ0) is 19.0. The molecule has 0 radical (unpaired) electrons. The molecule has 8 nitrogen and oxygen atoms in total. The van der Waals surface area contributed by atoms with Gasteiger partial charge in [-0.2, -0.15) is 17.7 Å². The highest BCUT2D eigenvalue weighted by atomic mass is 19.4. The van der Waals surface area contributed by atoms with Crippen LogP contribution in [0.25, 0.3) is 5.65 Å². The van der Waals surface area contributed by atoms with Crippen LogP contribution in [-0.2, 0) is 6.18 Å². The standard InChI is InChI=1S/C16H17F3N8/c1-10-23-24-14-2-3-15(25-27(10)14)26-6-4-11(5-7-26)22-13-8-12(16(17,18)19)20-9-21-13/h2-3,8-9,11H,4-7H2,1H3,(H,20,21,22). The first-order valence-electron chi connectivity index (χ1n) is 8.50. The molecular formula is C16H17F3N8. The maximum atomic E-state index is 12.8. The number of fused-ring (bicyclic) bond motifs is 1. The summed E-state index contributed by atoms with van der Waals surface area (Å²) in [6.45, 7) is 3.30. The van der Waals surface area contributed by atoms with Crippen LogP contribution >= 0.6 is 0 Å². The predicted molar refractivity (Wildman–Crippen MR) is 91.4 cm³/mol. The van der Waals surface area contributed by atoms with Crippen LogP contribution in [0.4, 0.5) is 24.8 Å². The molecular weight excluding hydrogens is 361 g/mol. The Balaban J connectivity index is 1.40. The SMILES string of the molecule is Cc1nnc2ccc(N3CCC(Nc4cc(C(F)(F)F)ncn4)CC3)nn12. The van der Waals surface area contributed by atoms with E-state index in [1.807, 2.05) is 19.1 Å². The van der Waals surface area contributed by atoms with Gasteiger partial charge in [-0.3, -0.25) is 0 Å². The Bertz CT molecular complexity index is 946. The molecule has 27 heavy (non-hydrogen) atoms. The number of nitrogens with zero attached hydrogens (tertiary/aromatic N) is 7. The molecule has 4 heterocycles. The molecule has 0 unspecified atom stereocenters. The van der Waals surface area contributed by atoms with Crippen LogP contribution in [0.15, 0.2) is 24.5 Å². The Hall–Kier alpha value is -2.98. The molecule has 0 saturated carbocycles. The number of nitrogens with one attached hydrogen (secondary N) is 1. The zero-order valence-corrected chi connectivity index (χ0v) is 14.5. The largest absolute Gasteiger partial charge is 0.433 e. The van der Waals surface area contributed by atoms with Crippen molar-refractivity contribution in [2.45, 2.75) is 32.0 Å². The molecule has 0 spiro atoms. The first kappa shape index (κ1) is 17.4. The number of halogens is 3. The molecule has 11 heteroatoms. The van der Waals surface area contributed by atoms with Crippen molar-refractivity contribution in [2.75, 3.05) is 23.3 Å². The molecule has 4 rings (SSSR count). The quantitative estimate of drug-likeness (QED) is 0.749. The third-order valence-corrected chi connectivity index (χ3v) is 4.53. The van der Waals surface area contributed by atoms with Gasteiger partial charge in [0.2, 0.25) is 0 Å². The fourth-order valence-electron chi connectivity index (χ4n) is 3.11. The zero-order valence-electron chi connectivity index (χ0n) is 14.5. The molecule has 0 amide bonds. The molecule has 0 bridgehead atoms. The van der Waals surface area contributed by atoms with E-state index in [1.54, 1.807) is 4.52 Å². The molecule has 3 aromatic heterocycles. The lowest BCUT2D eigenvalue weighted by atomic mass is 10.1. The van der Waals surface area contributed by atoms with Crippen molar-refractivity contribution in [1.82, 2.24) is 29.8 Å². The predicted octanol–water partition coefficient (Wildman–Crippen LogP) is 2.32. The van der Waals surface area contributed by atoms with E-state index < -0.39 is 11.9 Å². The Kier molecular flexibility index (Phi) is 4.28. The van der Waals surface area contributed by atoms with Gasteiger partial charge in [0.15, 0.2) is 11.5 Å². The second-order valence-corrected chi connectivity index (χ2v) is 6.40. The van der Waals surface area contributed by atoms with Crippen LogP contribution in [0.2, 0.25) is 0 Å². The van der Waals surface area contributed by atoms with Gasteiger partial charge in [0.1, 0.15) is 23.7 Å². The van der Waals surface area contributed by atoms with Crippen LogP contribution in [0, 0.1) is 6.92 Å². The van der Waals surface area contributed by atoms with Crippen molar-refractivity contribution in [3.05, 3.63) is 36.0 Å². The molecule has 1 saturated heterocycles. The highest BCUT2D eigenvalue weighted by molar-refractivity contribution is 5.46. The van der Waals surface area contributed by atoms with Gasteiger partial charge in [-0.15, -0.1) is 15.3 Å². The molecule has 0 atom stereocenters. The number of rotatable bonds is 3. The van der Waals surface area contributed by atoms with Gasteiger partial charge in [-0.25, -0.2) is 9.97 Å². The van der Waals surface area contributed by atoms with Crippen molar-refractivity contribution in [2.24, 2.45) is 0 Å². The molecule has 1 aliphatic heterocycles. The second-order valence-electron chi connectivity index (χ2n) is 6.40. The molecule has 1 aliphatic rings. The third-order valence-electron chi connectivity index (χ3n) is 4.53. The molecule has 0 aromatic carbocycles. The fourth-order valence-corrected chi connectivity index (χ4v) is 3.11. The normalized spacial score (nSPS) is 16.1. The minimum absolute atomic E-state index is 0.0395. The topological polar surface area (TPSA) is 84.1 Å². The smallest absolute Gasteiger partial charge is 0.367 e. The van der Waals surface area contributed by atoms with E-state index >= 15 is 0 Å². The minimum Gasteiger partial charge on any atom is -0.367 e. The van der Waals surface area contributed by atoms with Gasteiger partial charge >= 0.3 is 6.18 Å². The van der Waals surface area contributed by atoms with Crippen LogP contribution in [-0.4, -0.2) is 48.9 Å². The summed E-state index contributed by atoms with van der Waals surface area (Å²) in [4.78, 5) is 9.31. The summed E-state index contributed by atoms with van der Waals surface area (Å²) in [5, 5.41) is 15.6. The summed E-state index contributed by atoms with van der Waals surface area (Å²) < 4.78 is 40.0. The fraction of sp³-hybridized carbons (Fsp3) is 0.438. The van der Waals surface area contributed by atoms with Crippen molar-refractivity contribution in [3.63, 3.8) is 0 Å². The van der Waals surface area contributed by atoms with E-state index in [-0.39, 0.29) is 11.9 Å². The third kappa shape index (κ3) is 3.62. The summed E-state index contributed by atoms with van der Waals surface area (Å²) in [6.07, 6.45) is -2.03. The van der Waals surface area contributed by atoms with E-state index in [9.17, 15) is 13.2 Å². The average molecular weight is 378 g/mol. The van der Waals surface area contributed by atoms with Crippen LogP contribution in [0.1, 0.15) is 24.4 Å². The Morgan fingerprint density at radius 1 is 1.11 bits per heavy atom. The summed E-state index contributed by atoms with van der Waals surface area (Å²) in [6, 6.07) is 4.75. The molecule has 1 N–H and O–H groups in total. The van der Waals surface area contributed by atoms with Crippen molar-refractivity contribution < 1.29 is 13.2 Å². The highest BCUT2D eigenvalue weighted by Gasteiger charge is 2.33. The molecule has 1 fully saturated rings. The Labute approximate surface area is 152 Å². The maximum Gasteiger partial charge on any atom is 0.433 e. The molecule has 142 valence electrons. The summed E-state index contributed by atoms with van der Waals surface area (Å²) in [7, 11) is 0. The van der Waals surface area contributed by atoms with Gasteiger partial charge in [0.05, 0.1) is 0 Å². The summed E-state index contributed by atoms with van der Waals surface area (Å²) >= 11 is 0. The van der Waals surface area contributed by atoms with E-state index in [1.165, 1.54) is 0 Å². The van der Waals surface area contributed by atoms with Gasteiger partial charge < -0.3 is 10.2 Å².